The summed E-state index contributed by atoms with van der Waals surface area (Å²) in [7, 11) is 2.09. The van der Waals surface area contributed by atoms with E-state index in [0.717, 1.165) is 25.9 Å². The van der Waals surface area contributed by atoms with Gasteiger partial charge in [-0.2, -0.15) is 8.78 Å². The summed E-state index contributed by atoms with van der Waals surface area (Å²) in [5, 5.41) is 2.95. The van der Waals surface area contributed by atoms with Gasteiger partial charge < -0.3 is 15.0 Å². The molecule has 2 aromatic rings. The summed E-state index contributed by atoms with van der Waals surface area (Å²) < 4.78 is 29.7. The first-order valence-electron chi connectivity index (χ1n) is 9.06. The molecule has 1 aliphatic heterocycles. The molecule has 0 bridgehead atoms. The number of likely N-dealkylation sites (tertiary alicyclic amines) is 1. The minimum Gasteiger partial charge on any atom is -0.434 e. The zero-order valence-corrected chi connectivity index (χ0v) is 15.3. The Morgan fingerprint density at radius 1 is 1.11 bits per heavy atom. The molecule has 0 aromatic heterocycles. The normalized spacial score (nSPS) is 16.9. The van der Waals surface area contributed by atoms with Gasteiger partial charge in [-0.1, -0.05) is 42.5 Å². The second-order valence-electron chi connectivity index (χ2n) is 7.01. The third-order valence-corrected chi connectivity index (χ3v) is 5.27. The Hall–Kier alpha value is -2.47. The van der Waals surface area contributed by atoms with E-state index in [2.05, 4.69) is 34.1 Å². The molecule has 2 aromatic carbocycles. The summed E-state index contributed by atoms with van der Waals surface area (Å²) in [4.78, 5) is 15.0. The molecule has 0 spiro atoms. The fraction of sp³-hybridized carbons (Fsp3) is 0.381. The van der Waals surface area contributed by atoms with Gasteiger partial charge in [-0.05, 0) is 50.7 Å². The van der Waals surface area contributed by atoms with E-state index in [0.29, 0.717) is 6.54 Å². The van der Waals surface area contributed by atoms with Gasteiger partial charge in [-0.3, -0.25) is 4.79 Å². The van der Waals surface area contributed by atoms with Crippen molar-refractivity contribution in [2.75, 3.05) is 26.7 Å². The average Bonchev–Trinajstić information content (AvgIpc) is 2.68. The molecule has 1 fully saturated rings. The van der Waals surface area contributed by atoms with Crippen molar-refractivity contribution >= 4 is 5.91 Å². The summed E-state index contributed by atoms with van der Waals surface area (Å²) in [5.41, 5.74) is 1.14. The molecule has 0 unspecified atom stereocenters. The fourth-order valence-corrected chi connectivity index (χ4v) is 3.60. The highest BCUT2D eigenvalue weighted by molar-refractivity contribution is 5.97. The van der Waals surface area contributed by atoms with E-state index in [-0.39, 0.29) is 16.7 Å². The van der Waals surface area contributed by atoms with Crippen LogP contribution >= 0.6 is 0 Å². The Labute approximate surface area is 158 Å². The van der Waals surface area contributed by atoms with Crippen LogP contribution in [0.2, 0.25) is 0 Å². The Balaban J connectivity index is 1.77. The molecule has 1 aliphatic rings. The highest BCUT2D eigenvalue weighted by atomic mass is 19.3. The number of hydrogen-bond acceptors (Lipinski definition) is 3. The van der Waals surface area contributed by atoms with Crippen LogP contribution in [0.4, 0.5) is 8.78 Å². The number of piperidine rings is 1. The molecule has 144 valence electrons. The second kappa shape index (κ2) is 8.48. The number of halogens is 2. The number of hydrogen-bond donors (Lipinski definition) is 1. The third kappa shape index (κ3) is 4.63. The molecule has 1 saturated heterocycles. The molecule has 0 atom stereocenters. The van der Waals surface area contributed by atoms with Crippen molar-refractivity contribution < 1.29 is 18.3 Å². The van der Waals surface area contributed by atoms with Crippen LogP contribution in [0.25, 0.3) is 0 Å². The molecule has 4 nitrogen and oxygen atoms in total. The highest BCUT2D eigenvalue weighted by Crippen LogP contribution is 2.35. The molecule has 6 heteroatoms. The Morgan fingerprint density at radius 2 is 1.74 bits per heavy atom. The van der Waals surface area contributed by atoms with E-state index in [4.69, 9.17) is 0 Å². The lowest BCUT2D eigenvalue weighted by atomic mass is 9.72. The fourth-order valence-electron chi connectivity index (χ4n) is 3.60. The van der Waals surface area contributed by atoms with Crippen molar-refractivity contribution in [1.82, 2.24) is 10.2 Å². The molecule has 1 heterocycles. The molecule has 1 amide bonds. The van der Waals surface area contributed by atoms with Crippen LogP contribution in [-0.2, 0) is 5.41 Å². The number of carbonyl (C=O) groups is 1. The molecule has 27 heavy (non-hydrogen) atoms. The maximum atomic E-state index is 12.7. The van der Waals surface area contributed by atoms with Crippen molar-refractivity contribution in [3.05, 3.63) is 65.7 Å². The van der Waals surface area contributed by atoms with Crippen LogP contribution in [-0.4, -0.2) is 44.1 Å². The maximum Gasteiger partial charge on any atom is 0.387 e. The zero-order chi connectivity index (χ0) is 19.3. The van der Waals surface area contributed by atoms with Crippen molar-refractivity contribution in [3.63, 3.8) is 0 Å². The van der Waals surface area contributed by atoms with Gasteiger partial charge in [-0.25, -0.2) is 0 Å². The van der Waals surface area contributed by atoms with Crippen molar-refractivity contribution in [3.8, 4) is 5.75 Å². The van der Waals surface area contributed by atoms with Gasteiger partial charge in [0, 0.05) is 12.0 Å². The molecule has 0 radical (unpaired) electrons. The number of nitrogens with one attached hydrogen (secondary N) is 1. The van der Waals surface area contributed by atoms with Crippen LogP contribution in [0.3, 0.4) is 0 Å². The van der Waals surface area contributed by atoms with Crippen LogP contribution < -0.4 is 10.1 Å². The number of para-hydroxylation sites is 1. The Bertz CT molecular complexity index is 760. The average molecular weight is 374 g/mol. The van der Waals surface area contributed by atoms with Crippen molar-refractivity contribution in [1.29, 1.82) is 0 Å². The van der Waals surface area contributed by atoms with Crippen molar-refractivity contribution in [2.45, 2.75) is 24.9 Å². The maximum absolute atomic E-state index is 12.7. The first-order valence-corrected chi connectivity index (χ1v) is 9.06. The second-order valence-corrected chi connectivity index (χ2v) is 7.01. The predicted molar refractivity (Wildman–Crippen MR) is 100 cm³/mol. The van der Waals surface area contributed by atoms with Gasteiger partial charge in [0.15, 0.2) is 0 Å². The number of amides is 1. The number of carbonyl (C=O) groups excluding carboxylic acids is 1. The standard InChI is InChI=1S/C21H24F2N2O2/c1-25-13-11-21(12-14-25,16-7-3-2-4-8-16)15-24-19(26)17-9-5-6-10-18(17)27-20(22)23/h2-10,20H,11-15H2,1H3,(H,24,26). The van der Waals surface area contributed by atoms with E-state index in [1.807, 2.05) is 18.2 Å². The predicted octanol–water partition coefficient (Wildman–Crippen LogP) is 3.68. The van der Waals surface area contributed by atoms with Crippen LogP contribution in [0.1, 0.15) is 28.8 Å². The summed E-state index contributed by atoms with van der Waals surface area (Å²) in [6.07, 6.45) is 1.84. The van der Waals surface area contributed by atoms with Gasteiger partial charge in [0.1, 0.15) is 5.75 Å². The van der Waals surface area contributed by atoms with Crippen molar-refractivity contribution in [2.24, 2.45) is 0 Å². The number of alkyl halides is 2. The third-order valence-electron chi connectivity index (χ3n) is 5.27. The molecule has 3 rings (SSSR count). The Morgan fingerprint density at radius 3 is 2.41 bits per heavy atom. The lowest BCUT2D eigenvalue weighted by molar-refractivity contribution is -0.0501. The quantitative estimate of drug-likeness (QED) is 0.839. The highest BCUT2D eigenvalue weighted by Gasteiger charge is 2.35. The van der Waals surface area contributed by atoms with Gasteiger partial charge >= 0.3 is 6.61 Å². The van der Waals surface area contributed by atoms with E-state index >= 15 is 0 Å². The van der Waals surface area contributed by atoms with E-state index in [1.54, 1.807) is 12.1 Å². The van der Waals surface area contributed by atoms with Crippen LogP contribution in [0.15, 0.2) is 54.6 Å². The summed E-state index contributed by atoms with van der Waals surface area (Å²) >= 11 is 0. The van der Waals surface area contributed by atoms with E-state index in [9.17, 15) is 13.6 Å². The molecule has 0 saturated carbocycles. The smallest absolute Gasteiger partial charge is 0.387 e. The first kappa shape index (κ1) is 19.3. The number of nitrogens with zero attached hydrogens (tertiary/aromatic N) is 1. The first-order chi connectivity index (χ1) is 13.0. The van der Waals surface area contributed by atoms with Gasteiger partial charge in [-0.15, -0.1) is 0 Å². The lowest BCUT2D eigenvalue weighted by Gasteiger charge is -2.41. The summed E-state index contributed by atoms with van der Waals surface area (Å²) in [6, 6.07) is 16.2. The van der Waals surface area contributed by atoms with Crippen LogP contribution in [0, 0.1) is 0 Å². The molecular formula is C21H24F2N2O2. The zero-order valence-electron chi connectivity index (χ0n) is 15.3. The number of ether oxygens (including phenoxy) is 1. The van der Waals surface area contributed by atoms with Gasteiger partial charge in [0.25, 0.3) is 5.91 Å². The molecule has 1 N–H and O–H groups in total. The minimum absolute atomic E-state index is 0.109. The number of benzene rings is 2. The van der Waals surface area contributed by atoms with E-state index in [1.165, 1.54) is 17.7 Å². The van der Waals surface area contributed by atoms with Gasteiger partial charge in [0.05, 0.1) is 5.56 Å². The molecule has 0 aliphatic carbocycles. The number of rotatable bonds is 6. The summed E-state index contributed by atoms with van der Waals surface area (Å²) in [6.45, 7) is -0.637. The summed E-state index contributed by atoms with van der Waals surface area (Å²) in [5.74, 6) is -0.511. The minimum atomic E-state index is -2.97. The van der Waals surface area contributed by atoms with Crippen LogP contribution in [0.5, 0.6) is 5.75 Å². The monoisotopic (exact) mass is 374 g/mol. The lowest BCUT2D eigenvalue weighted by Crippen LogP contribution is -2.48. The SMILES string of the molecule is CN1CCC(CNC(=O)c2ccccc2OC(F)F)(c2ccccc2)CC1. The molecular weight excluding hydrogens is 350 g/mol. The van der Waals surface area contributed by atoms with E-state index < -0.39 is 12.5 Å². The topological polar surface area (TPSA) is 41.6 Å². The van der Waals surface area contributed by atoms with Gasteiger partial charge in [0.2, 0.25) is 0 Å². The largest absolute Gasteiger partial charge is 0.434 e. The Kier molecular flexibility index (Phi) is 6.06.